The molecule has 1 aromatic carbocycles. The van der Waals surface area contributed by atoms with Gasteiger partial charge in [0, 0.05) is 5.56 Å². The fraction of sp³-hybridized carbons (Fsp3) is 0.308. The van der Waals surface area contributed by atoms with Crippen molar-refractivity contribution in [2.75, 3.05) is 0 Å². The minimum absolute atomic E-state index is 0.540. The van der Waals surface area contributed by atoms with Crippen LogP contribution in [-0.4, -0.2) is 10.2 Å². The third kappa shape index (κ3) is 2.95. The van der Waals surface area contributed by atoms with Crippen LogP contribution in [0.25, 0.3) is 10.6 Å². The van der Waals surface area contributed by atoms with E-state index >= 15 is 0 Å². The summed E-state index contributed by atoms with van der Waals surface area (Å²) < 4.78 is 0.752. The zero-order chi connectivity index (χ0) is 13.1. The molecule has 2 aromatic rings. The SMILES string of the molecule is CC(C)Cc1ccc(-c2nnc(Br)s2)cc1C#N. The maximum Gasteiger partial charge on any atom is 0.183 e. The summed E-state index contributed by atoms with van der Waals surface area (Å²) >= 11 is 4.76. The van der Waals surface area contributed by atoms with Gasteiger partial charge in [0.05, 0.1) is 11.6 Å². The van der Waals surface area contributed by atoms with Crippen molar-refractivity contribution in [2.24, 2.45) is 5.92 Å². The van der Waals surface area contributed by atoms with Crippen LogP contribution in [0.4, 0.5) is 0 Å². The van der Waals surface area contributed by atoms with Crippen LogP contribution < -0.4 is 0 Å². The van der Waals surface area contributed by atoms with Crippen LogP contribution in [0.3, 0.4) is 0 Å². The highest BCUT2D eigenvalue weighted by Crippen LogP contribution is 2.28. The molecule has 1 aromatic heterocycles. The molecule has 3 nitrogen and oxygen atoms in total. The van der Waals surface area contributed by atoms with Crippen molar-refractivity contribution in [2.45, 2.75) is 20.3 Å². The summed E-state index contributed by atoms with van der Waals surface area (Å²) in [5.74, 6) is 0.540. The van der Waals surface area contributed by atoms with Crippen molar-refractivity contribution < 1.29 is 0 Å². The first kappa shape index (κ1) is 13.2. The second-order valence-corrected chi connectivity index (χ2v) is 6.70. The average molecular weight is 322 g/mol. The van der Waals surface area contributed by atoms with Gasteiger partial charge in [-0.3, -0.25) is 0 Å². The third-order valence-corrected chi connectivity index (χ3v) is 3.91. The molecule has 0 unspecified atom stereocenters. The molecule has 0 aliphatic rings. The maximum atomic E-state index is 9.22. The Balaban J connectivity index is 2.39. The predicted molar refractivity (Wildman–Crippen MR) is 76.3 cm³/mol. The highest BCUT2D eigenvalue weighted by Gasteiger charge is 2.09. The third-order valence-electron chi connectivity index (χ3n) is 2.51. The lowest BCUT2D eigenvalue weighted by atomic mass is 9.97. The maximum absolute atomic E-state index is 9.22. The molecule has 92 valence electrons. The fourth-order valence-electron chi connectivity index (χ4n) is 1.75. The van der Waals surface area contributed by atoms with Crippen LogP contribution in [-0.2, 0) is 6.42 Å². The molecule has 1 heterocycles. The quantitative estimate of drug-likeness (QED) is 0.857. The summed E-state index contributed by atoms with van der Waals surface area (Å²) in [4.78, 5) is 0. The van der Waals surface area contributed by atoms with E-state index in [0.29, 0.717) is 5.92 Å². The van der Waals surface area contributed by atoms with E-state index < -0.39 is 0 Å². The van der Waals surface area contributed by atoms with Gasteiger partial charge in [-0.2, -0.15) is 5.26 Å². The molecular weight excluding hydrogens is 310 g/mol. The lowest BCUT2D eigenvalue weighted by Gasteiger charge is -2.07. The van der Waals surface area contributed by atoms with Crippen LogP contribution >= 0.6 is 27.3 Å². The molecule has 5 heteroatoms. The normalized spacial score (nSPS) is 10.6. The van der Waals surface area contributed by atoms with Crippen LogP contribution in [0, 0.1) is 17.2 Å². The number of halogens is 1. The number of rotatable bonds is 3. The van der Waals surface area contributed by atoms with Crippen molar-refractivity contribution >= 4 is 27.3 Å². The second-order valence-electron chi connectivity index (χ2n) is 4.44. The van der Waals surface area contributed by atoms with Gasteiger partial charge in [-0.15, -0.1) is 10.2 Å². The van der Waals surface area contributed by atoms with Crippen molar-refractivity contribution in [3.63, 3.8) is 0 Å². The zero-order valence-electron chi connectivity index (χ0n) is 10.1. The number of nitriles is 1. The number of benzene rings is 1. The Hall–Kier alpha value is -1.25. The van der Waals surface area contributed by atoms with E-state index in [-0.39, 0.29) is 0 Å². The van der Waals surface area contributed by atoms with E-state index in [1.807, 2.05) is 18.2 Å². The standard InChI is InChI=1S/C13H12BrN3S/c1-8(2)5-9-3-4-10(6-11(9)7-15)12-16-17-13(14)18-12/h3-4,6,8H,5H2,1-2H3. The minimum atomic E-state index is 0.540. The number of hydrogen-bond acceptors (Lipinski definition) is 4. The van der Waals surface area contributed by atoms with Gasteiger partial charge in [0.2, 0.25) is 0 Å². The highest BCUT2D eigenvalue weighted by atomic mass is 79.9. The van der Waals surface area contributed by atoms with Crippen molar-refractivity contribution in [1.29, 1.82) is 5.26 Å². The minimum Gasteiger partial charge on any atom is -0.192 e. The van der Waals surface area contributed by atoms with Gasteiger partial charge in [-0.1, -0.05) is 37.3 Å². The van der Waals surface area contributed by atoms with E-state index in [0.717, 1.165) is 32.0 Å². The summed E-state index contributed by atoms with van der Waals surface area (Å²) in [6, 6.07) is 8.18. The van der Waals surface area contributed by atoms with Gasteiger partial charge < -0.3 is 0 Å². The predicted octanol–water partition coefficient (Wildman–Crippen LogP) is 4.04. The summed E-state index contributed by atoms with van der Waals surface area (Å²) in [6.45, 7) is 4.30. The molecule has 0 aliphatic carbocycles. The Morgan fingerprint density at radius 1 is 1.39 bits per heavy atom. The summed E-state index contributed by atoms with van der Waals surface area (Å²) in [5, 5.41) is 18.0. The van der Waals surface area contributed by atoms with Gasteiger partial charge in [0.25, 0.3) is 0 Å². The summed E-state index contributed by atoms with van der Waals surface area (Å²) in [7, 11) is 0. The average Bonchev–Trinajstić information content (AvgIpc) is 2.75. The molecule has 0 atom stereocenters. The molecule has 2 rings (SSSR count). The monoisotopic (exact) mass is 321 g/mol. The van der Waals surface area contributed by atoms with Crippen LogP contribution in [0.5, 0.6) is 0 Å². The lowest BCUT2D eigenvalue weighted by molar-refractivity contribution is 0.646. The summed E-state index contributed by atoms with van der Waals surface area (Å²) in [6.07, 6.45) is 0.920. The number of hydrogen-bond donors (Lipinski definition) is 0. The molecule has 0 saturated carbocycles. The van der Waals surface area contributed by atoms with Gasteiger partial charge in [-0.05, 0) is 39.9 Å². The molecule has 0 spiro atoms. The van der Waals surface area contributed by atoms with E-state index in [4.69, 9.17) is 0 Å². The van der Waals surface area contributed by atoms with Crippen LogP contribution in [0.1, 0.15) is 25.0 Å². The van der Waals surface area contributed by atoms with Crippen molar-refractivity contribution in [3.05, 3.63) is 33.2 Å². The van der Waals surface area contributed by atoms with Crippen molar-refractivity contribution in [3.8, 4) is 16.6 Å². The van der Waals surface area contributed by atoms with E-state index in [1.165, 1.54) is 11.3 Å². The first-order valence-electron chi connectivity index (χ1n) is 5.62. The Labute approximate surface area is 119 Å². The van der Waals surface area contributed by atoms with E-state index in [9.17, 15) is 5.26 Å². The number of nitrogens with zero attached hydrogens (tertiary/aromatic N) is 3. The highest BCUT2D eigenvalue weighted by molar-refractivity contribution is 9.11. The molecule has 0 N–H and O–H groups in total. The first-order chi connectivity index (χ1) is 8.60. The number of aromatic nitrogens is 2. The van der Waals surface area contributed by atoms with Crippen molar-refractivity contribution in [1.82, 2.24) is 10.2 Å². The summed E-state index contributed by atoms with van der Waals surface area (Å²) in [5.41, 5.74) is 2.77. The van der Waals surface area contributed by atoms with Crippen LogP contribution in [0.15, 0.2) is 22.1 Å². The molecule has 0 fully saturated rings. The Morgan fingerprint density at radius 2 is 2.17 bits per heavy atom. The lowest BCUT2D eigenvalue weighted by Crippen LogP contribution is -1.97. The molecule has 0 aliphatic heterocycles. The van der Waals surface area contributed by atoms with Crippen LogP contribution in [0.2, 0.25) is 0 Å². The zero-order valence-corrected chi connectivity index (χ0v) is 12.5. The molecule has 0 amide bonds. The first-order valence-corrected chi connectivity index (χ1v) is 7.23. The molecule has 0 bridgehead atoms. The molecular formula is C13H12BrN3S. The smallest absolute Gasteiger partial charge is 0.183 e. The molecule has 18 heavy (non-hydrogen) atoms. The fourth-order valence-corrected chi connectivity index (χ4v) is 2.86. The Kier molecular flexibility index (Phi) is 4.10. The second kappa shape index (κ2) is 5.59. The van der Waals surface area contributed by atoms with Gasteiger partial charge in [0.15, 0.2) is 3.92 Å². The Bertz CT molecular complexity index is 599. The van der Waals surface area contributed by atoms with Gasteiger partial charge in [0.1, 0.15) is 5.01 Å². The van der Waals surface area contributed by atoms with Gasteiger partial charge >= 0.3 is 0 Å². The molecule has 0 saturated heterocycles. The largest absolute Gasteiger partial charge is 0.192 e. The van der Waals surface area contributed by atoms with E-state index in [1.54, 1.807) is 0 Å². The molecule has 0 radical (unpaired) electrons. The van der Waals surface area contributed by atoms with Gasteiger partial charge in [-0.25, -0.2) is 0 Å². The topological polar surface area (TPSA) is 49.6 Å². The Morgan fingerprint density at radius 3 is 2.72 bits per heavy atom. The van der Waals surface area contributed by atoms with E-state index in [2.05, 4.69) is 46.0 Å².